The van der Waals surface area contributed by atoms with Crippen molar-refractivity contribution in [2.75, 3.05) is 6.54 Å². The maximum Gasteiger partial charge on any atom is 0.253 e. The number of hydrogen-bond acceptors (Lipinski definition) is 3. The van der Waals surface area contributed by atoms with E-state index in [9.17, 15) is 12.8 Å². The number of rotatable bonds is 4. The van der Waals surface area contributed by atoms with E-state index in [0.29, 0.717) is 5.56 Å². The van der Waals surface area contributed by atoms with Gasteiger partial charge in [-0.05, 0) is 43.3 Å². The third-order valence-electron chi connectivity index (χ3n) is 2.79. The zero-order chi connectivity index (χ0) is 16.0. The fourth-order valence-corrected chi connectivity index (χ4v) is 2.51. The molecule has 2 aromatic carbocycles. The second-order valence-corrected chi connectivity index (χ2v) is 6.26. The van der Waals surface area contributed by atoms with Gasteiger partial charge in [0.1, 0.15) is 5.82 Å². The summed E-state index contributed by atoms with van der Waals surface area (Å²) in [6.07, 6.45) is 0. The van der Waals surface area contributed by atoms with Gasteiger partial charge in [0.05, 0.1) is 11.4 Å². The Hall–Kier alpha value is -2.20. The van der Waals surface area contributed by atoms with E-state index in [0.717, 1.165) is 5.56 Å². The van der Waals surface area contributed by atoms with Gasteiger partial charge in [-0.3, -0.25) is 0 Å². The zero-order valence-corrected chi connectivity index (χ0v) is 12.7. The predicted octanol–water partition coefficient (Wildman–Crippen LogP) is 1.97. The molecule has 2 rings (SSSR count). The topological polar surface area (TPSA) is 58.2 Å². The van der Waals surface area contributed by atoms with Gasteiger partial charge in [0.25, 0.3) is 10.0 Å². The maximum atomic E-state index is 12.7. The quantitative estimate of drug-likeness (QED) is 0.515. The van der Waals surface area contributed by atoms with E-state index in [-0.39, 0.29) is 17.3 Å². The smallest absolute Gasteiger partial charge is 0.232 e. The summed E-state index contributed by atoms with van der Waals surface area (Å²) in [6, 6.07) is 12.3. The van der Waals surface area contributed by atoms with Gasteiger partial charge in [0, 0.05) is 5.56 Å². The Bertz CT molecular complexity index is 789. The van der Waals surface area contributed by atoms with Crippen LogP contribution in [-0.4, -0.2) is 15.0 Å². The van der Waals surface area contributed by atoms with Crippen molar-refractivity contribution in [1.29, 1.82) is 0 Å². The highest BCUT2D eigenvalue weighted by atomic mass is 32.2. The minimum absolute atomic E-state index is 0.127. The van der Waals surface area contributed by atoms with E-state index in [1.807, 2.05) is 6.92 Å². The summed E-state index contributed by atoms with van der Waals surface area (Å²) in [7, 11) is -3.61. The summed E-state index contributed by atoms with van der Waals surface area (Å²) in [6.45, 7) is 2.01. The van der Waals surface area contributed by atoms with Crippen LogP contribution in [0.15, 0.2) is 53.4 Å². The lowest BCUT2D eigenvalue weighted by Crippen LogP contribution is -2.37. The molecule has 0 aliphatic carbocycles. The first-order chi connectivity index (χ1) is 10.5. The molecule has 0 saturated carbocycles. The summed E-state index contributed by atoms with van der Waals surface area (Å²) < 4.78 is 36.6. The van der Waals surface area contributed by atoms with Crippen LogP contribution in [-0.2, 0) is 10.0 Å². The Balaban J connectivity index is 1.88. The molecule has 0 fully saturated rings. The molecule has 0 atom stereocenters. The number of aryl methyl sites for hydroxylation is 1. The molecule has 6 heteroatoms. The minimum atomic E-state index is -3.61. The SMILES string of the molecule is Cc1ccc(S(=O)(=O)NNCC#Cc2ccc(F)cc2)cc1. The molecule has 114 valence electrons. The molecule has 4 nitrogen and oxygen atoms in total. The summed E-state index contributed by atoms with van der Waals surface area (Å²) in [4.78, 5) is 2.43. The maximum absolute atomic E-state index is 12.7. The fourth-order valence-electron chi connectivity index (χ4n) is 1.63. The molecule has 0 radical (unpaired) electrons. The van der Waals surface area contributed by atoms with E-state index >= 15 is 0 Å². The van der Waals surface area contributed by atoms with Gasteiger partial charge in [-0.15, -0.1) is 4.83 Å². The van der Waals surface area contributed by atoms with Gasteiger partial charge in [0.15, 0.2) is 0 Å². The molecule has 2 aromatic rings. The van der Waals surface area contributed by atoms with E-state index in [2.05, 4.69) is 22.1 Å². The lowest BCUT2D eigenvalue weighted by molar-refractivity contribution is 0.566. The van der Waals surface area contributed by atoms with Gasteiger partial charge in [-0.25, -0.2) is 18.2 Å². The molecule has 0 unspecified atom stereocenters. The highest BCUT2D eigenvalue weighted by Gasteiger charge is 2.11. The summed E-state index contributed by atoms with van der Waals surface area (Å²) in [5.41, 5.74) is 4.18. The molecule has 0 aromatic heterocycles. The lowest BCUT2D eigenvalue weighted by atomic mass is 10.2. The average Bonchev–Trinajstić information content (AvgIpc) is 2.49. The van der Waals surface area contributed by atoms with E-state index in [1.165, 1.54) is 24.3 Å². The molecule has 0 saturated heterocycles. The normalized spacial score (nSPS) is 10.8. The number of nitrogens with one attached hydrogen (secondary N) is 2. The van der Waals surface area contributed by atoms with Crippen molar-refractivity contribution in [1.82, 2.24) is 10.3 Å². The lowest BCUT2D eigenvalue weighted by Gasteiger charge is -2.06. The molecule has 0 bridgehead atoms. The van der Waals surface area contributed by atoms with Crippen LogP contribution in [0.2, 0.25) is 0 Å². The summed E-state index contributed by atoms with van der Waals surface area (Å²) in [5.74, 6) is 5.21. The van der Waals surface area contributed by atoms with Crippen molar-refractivity contribution in [3.05, 3.63) is 65.5 Å². The monoisotopic (exact) mass is 318 g/mol. The van der Waals surface area contributed by atoms with Crippen molar-refractivity contribution >= 4 is 10.0 Å². The Morgan fingerprint density at radius 3 is 2.32 bits per heavy atom. The van der Waals surface area contributed by atoms with Crippen molar-refractivity contribution in [2.24, 2.45) is 0 Å². The molecular weight excluding hydrogens is 303 g/mol. The van der Waals surface area contributed by atoms with Crippen LogP contribution in [0, 0.1) is 24.6 Å². The van der Waals surface area contributed by atoms with Crippen LogP contribution < -0.4 is 10.3 Å². The van der Waals surface area contributed by atoms with Crippen LogP contribution in [0.5, 0.6) is 0 Å². The predicted molar refractivity (Wildman–Crippen MR) is 82.8 cm³/mol. The highest BCUT2D eigenvalue weighted by molar-refractivity contribution is 7.89. The van der Waals surface area contributed by atoms with Gasteiger partial charge < -0.3 is 0 Å². The molecule has 0 spiro atoms. The van der Waals surface area contributed by atoms with E-state index in [1.54, 1.807) is 24.3 Å². The molecule has 0 aliphatic rings. The van der Waals surface area contributed by atoms with Crippen LogP contribution in [0.3, 0.4) is 0 Å². The van der Waals surface area contributed by atoms with Crippen LogP contribution in [0.4, 0.5) is 4.39 Å². The molecule has 22 heavy (non-hydrogen) atoms. The number of benzene rings is 2. The van der Waals surface area contributed by atoms with Crippen LogP contribution in [0.1, 0.15) is 11.1 Å². The molecule has 2 N–H and O–H groups in total. The first kappa shape index (κ1) is 16.2. The Morgan fingerprint density at radius 1 is 1.05 bits per heavy atom. The first-order valence-corrected chi connectivity index (χ1v) is 8.01. The van der Waals surface area contributed by atoms with Crippen molar-refractivity contribution in [2.45, 2.75) is 11.8 Å². The molecular formula is C16H15FN2O2S. The third kappa shape index (κ3) is 4.67. The second-order valence-electron chi connectivity index (χ2n) is 4.58. The highest BCUT2D eigenvalue weighted by Crippen LogP contribution is 2.08. The van der Waals surface area contributed by atoms with Gasteiger partial charge >= 0.3 is 0 Å². The number of hydrazine groups is 1. The number of sulfonamides is 1. The van der Waals surface area contributed by atoms with Gasteiger partial charge in [0.2, 0.25) is 0 Å². The zero-order valence-electron chi connectivity index (χ0n) is 11.9. The number of hydrogen-bond donors (Lipinski definition) is 2. The third-order valence-corrected chi connectivity index (χ3v) is 4.10. The minimum Gasteiger partial charge on any atom is -0.232 e. The average molecular weight is 318 g/mol. The van der Waals surface area contributed by atoms with Crippen molar-refractivity contribution in [3.63, 3.8) is 0 Å². The van der Waals surface area contributed by atoms with E-state index in [4.69, 9.17) is 0 Å². The standard InChI is InChI=1S/C16H15FN2O2S/c1-13-4-10-16(11-5-13)22(20,21)19-18-12-2-3-14-6-8-15(17)9-7-14/h4-11,18-19H,12H2,1H3. The van der Waals surface area contributed by atoms with Crippen LogP contribution >= 0.6 is 0 Å². The van der Waals surface area contributed by atoms with Gasteiger partial charge in [-0.2, -0.15) is 0 Å². The van der Waals surface area contributed by atoms with Crippen molar-refractivity contribution < 1.29 is 12.8 Å². The Labute approximate surface area is 129 Å². The first-order valence-electron chi connectivity index (χ1n) is 6.53. The van der Waals surface area contributed by atoms with Gasteiger partial charge in [-0.1, -0.05) is 29.5 Å². The van der Waals surface area contributed by atoms with Crippen LogP contribution in [0.25, 0.3) is 0 Å². The van der Waals surface area contributed by atoms with Crippen molar-refractivity contribution in [3.8, 4) is 11.8 Å². The van der Waals surface area contributed by atoms with E-state index < -0.39 is 10.0 Å². The second kappa shape index (κ2) is 7.18. The molecule has 0 aliphatic heterocycles. The Kier molecular flexibility index (Phi) is 5.28. The largest absolute Gasteiger partial charge is 0.253 e. The molecule has 0 amide bonds. The summed E-state index contributed by atoms with van der Waals surface area (Å²) >= 11 is 0. The Morgan fingerprint density at radius 2 is 1.68 bits per heavy atom. The fraction of sp³-hybridized carbons (Fsp3) is 0.125. The number of halogens is 1. The summed E-state index contributed by atoms with van der Waals surface area (Å²) in [5, 5.41) is 0. The molecule has 0 heterocycles.